The van der Waals surface area contributed by atoms with Gasteiger partial charge in [0.05, 0.1) is 12.9 Å². The Morgan fingerprint density at radius 3 is 2.60 bits per heavy atom. The summed E-state index contributed by atoms with van der Waals surface area (Å²) < 4.78 is 20.7. The lowest BCUT2D eigenvalue weighted by Gasteiger charge is -2.31. The van der Waals surface area contributed by atoms with Crippen LogP contribution in [-0.2, 0) is 18.0 Å². The molecule has 0 spiro atoms. The zero-order valence-corrected chi connectivity index (χ0v) is 20.0. The van der Waals surface area contributed by atoms with E-state index in [1.54, 1.807) is 33.7 Å². The third-order valence-corrected chi connectivity index (χ3v) is 6.80. The number of aromatic nitrogens is 3. The molecular formula is C24H27N5O5S. The summed E-state index contributed by atoms with van der Waals surface area (Å²) in [5, 5.41) is 4.66. The standard InChI is InChI=1S/C24H27N5O5S/c25-21(30)7-10-28-23(19-2-1-11-32-19)26-29(24(28)35)15-27-8-5-16(6-9-27)22(31)17-3-4-18-20(14-17)34-13-12-33-18/h1-4,11,14,16H,5-10,12-13,15H2,(H2,25,30). The van der Waals surface area contributed by atoms with Crippen molar-refractivity contribution in [2.75, 3.05) is 26.3 Å². The number of nitrogens with zero attached hydrogens (tertiary/aromatic N) is 4. The van der Waals surface area contributed by atoms with Crippen LogP contribution in [0.2, 0.25) is 0 Å². The largest absolute Gasteiger partial charge is 0.486 e. The Morgan fingerprint density at radius 1 is 1.11 bits per heavy atom. The van der Waals surface area contributed by atoms with Gasteiger partial charge in [0.25, 0.3) is 0 Å². The SMILES string of the molecule is NC(=O)CCn1c(-c2ccco2)nn(CN2CCC(C(=O)c3ccc4c(c3)OCCO4)CC2)c1=S. The Kier molecular flexibility index (Phi) is 6.69. The second kappa shape index (κ2) is 10.0. The van der Waals surface area contributed by atoms with Crippen LogP contribution in [-0.4, -0.2) is 57.2 Å². The monoisotopic (exact) mass is 497 g/mol. The highest BCUT2D eigenvalue weighted by molar-refractivity contribution is 7.71. The lowest BCUT2D eigenvalue weighted by atomic mass is 9.89. The maximum atomic E-state index is 13.1. The number of Topliss-reactive ketones (excluding diaryl/α,β-unsaturated/α-hetero) is 1. The Bertz CT molecular complexity index is 1270. The molecule has 0 unspecified atom stereocenters. The van der Waals surface area contributed by atoms with Crippen LogP contribution in [0.4, 0.5) is 0 Å². The topological polar surface area (TPSA) is 118 Å². The first-order valence-electron chi connectivity index (χ1n) is 11.7. The van der Waals surface area contributed by atoms with E-state index in [-0.39, 0.29) is 18.1 Å². The van der Waals surface area contributed by atoms with E-state index in [0.29, 0.717) is 59.8 Å². The van der Waals surface area contributed by atoms with Gasteiger partial charge in [0.1, 0.15) is 13.2 Å². The summed E-state index contributed by atoms with van der Waals surface area (Å²) in [6.07, 6.45) is 3.21. The van der Waals surface area contributed by atoms with Gasteiger partial charge in [-0.25, -0.2) is 4.68 Å². The Balaban J connectivity index is 1.25. The minimum Gasteiger partial charge on any atom is -0.486 e. The zero-order valence-electron chi connectivity index (χ0n) is 19.2. The Morgan fingerprint density at radius 2 is 1.89 bits per heavy atom. The molecule has 0 saturated carbocycles. The van der Waals surface area contributed by atoms with Crippen molar-refractivity contribution in [2.24, 2.45) is 11.7 Å². The summed E-state index contributed by atoms with van der Waals surface area (Å²) in [6, 6.07) is 8.99. The average molecular weight is 498 g/mol. The number of ether oxygens (including phenoxy) is 2. The quantitative estimate of drug-likeness (QED) is 0.373. The highest BCUT2D eigenvalue weighted by atomic mass is 32.1. The average Bonchev–Trinajstić information content (AvgIpc) is 3.51. The van der Waals surface area contributed by atoms with Crippen molar-refractivity contribution < 1.29 is 23.5 Å². The van der Waals surface area contributed by atoms with Crippen LogP contribution in [0, 0.1) is 10.7 Å². The summed E-state index contributed by atoms with van der Waals surface area (Å²) in [4.78, 5) is 26.7. The molecule has 1 aromatic carbocycles. The molecule has 0 aliphatic carbocycles. The van der Waals surface area contributed by atoms with Gasteiger partial charge < -0.3 is 19.6 Å². The summed E-state index contributed by atoms with van der Waals surface area (Å²) in [5.41, 5.74) is 6.00. The molecule has 35 heavy (non-hydrogen) atoms. The van der Waals surface area contributed by atoms with Gasteiger partial charge in [0.15, 0.2) is 33.6 Å². The van der Waals surface area contributed by atoms with Crippen molar-refractivity contribution in [3.05, 3.63) is 46.9 Å². The second-order valence-electron chi connectivity index (χ2n) is 8.71. The number of hydrogen-bond donors (Lipinski definition) is 1. The maximum Gasteiger partial charge on any atom is 0.219 e. The number of hydrogen-bond acceptors (Lipinski definition) is 8. The number of carbonyl (C=O) groups is 2. The van der Waals surface area contributed by atoms with E-state index < -0.39 is 5.91 Å². The molecule has 4 heterocycles. The van der Waals surface area contributed by atoms with Crippen LogP contribution in [0.1, 0.15) is 29.6 Å². The first kappa shape index (κ1) is 23.3. The third kappa shape index (κ3) is 5.01. The molecule has 0 radical (unpaired) electrons. The third-order valence-electron chi connectivity index (χ3n) is 6.37. The van der Waals surface area contributed by atoms with Crippen LogP contribution >= 0.6 is 12.2 Å². The minimum absolute atomic E-state index is 0.0476. The summed E-state index contributed by atoms with van der Waals surface area (Å²) in [5.74, 6) is 2.13. The molecule has 1 saturated heterocycles. The molecule has 2 N–H and O–H groups in total. The van der Waals surface area contributed by atoms with Crippen molar-refractivity contribution in [1.29, 1.82) is 0 Å². The smallest absolute Gasteiger partial charge is 0.219 e. The maximum absolute atomic E-state index is 13.1. The van der Waals surface area contributed by atoms with E-state index in [2.05, 4.69) is 10.00 Å². The number of likely N-dealkylation sites (tertiary alicyclic amines) is 1. The molecule has 2 aromatic heterocycles. The molecule has 0 bridgehead atoms. The predicted octanol–water partition coefficient (Wildman–Crippen LogP) is 2.87. The highest BCUT2D eigenvalue weighted by Crippen LogP contribution is 2.32. The second-order valence-corrected chi connectivity index (χ2v) is 9.07. The minimum atomic E-state index is -0.408. The van der Waals surface area contributed by atoms with Crippen molar-refractivity contribution in [3.63, 3.8) is 0 Å². The van der Waals surface area contributed by atoms with E-state index >= 15 is 0 Å². The number of fused-ring (bicyclic) bond motifs is 1. The lowest BCUT2D eigenvalue weighted by Crippen LogP contribution is -2.37. The molecule has 2 aliphatic heterocycles. The van der Waals surface area contributed by atoms with Gasteiger partial charge in [0.2, 0.25) is 5.91 Å². The molecule has 0 atom stereocenters. The predicted molar refractivity (Wildman–Crippen MR) is 129 cm³/mol. The number of furan rings is 1. The van der Waals surface area contributed by atoms with Crippen molar-refractivity contribution in [1.82, 2.24) is 19.2 Å². The molecular weight excluding hydrogens is 470 g/mol. The van der Waals surface area contributed by atoms with Gasteiger partial charge >= 0.3 is 0 Å². The number of rotatable bonds is 8. The summed E-state index contributed by atoms with van der Waals surface area (Å²) in [6.45, 7) is 3.32. The fraction of sp³-hybridized carbons (Fsp3) is 0.417. The van der Waals surface area contributed by atoms with E-state index in [0.717, 1.165) is 25.9 Å². The van der Waals surface area contributed by atoms with Gasteiger partial charge in [-0.2, -0.15) is 0 Å². The Labute approximate surface area is 207 Å². The number of amides is 1. The molecule has 11 heteroatoms. The van der Waals surface area contributed by atoms with Crippen molar-refractivity contribution in [2.45, 2.75) is 32.5 Å². The number of piperidine rings is 1. The van der Waals surface area contributed by atoms with Crippen LogP contribution in [0.15, 0.2) is 41.0 Å². The van der Waals surface area contributed by atoms with E-state index in [9.17, 15) is 9.59 Å². The van der Waals surface area contributed by atoms with Gasteiger partial charge in [0, 0.05) is 37.5 Å². The van der Waals surface area contributed by atoms with E-state index in [4.69, 9.17) is 31.8 Å². The highest BCUT2D eigenvalue weighted by Gasteiger charge is 2.28. The van der Waals surface area contributed by atoms with Crippen molar-refractivity contribution in [3.8, 4) is 23.1 Å². The number of nitrogens with two attached hydrogens (primary N) is 1. The first-order chi connectivity index (χ1) is 17.0. The summed E-state index contributed by atoms with van der Waals surface area (Å²) in [7, 11) is 0. The number of primary amides is 1. The lowest BCUT2D eigenvalue weighted by molar-refractivity contribution is -0.118. The van der Waals surface area contributed by atoms with Crippen LogP contribution in [0.5, 0.6) is 11.5 Å². The molecule has 10 nitrogen and oxygen atoms in total. The molecule has 1 fully saturated rings. The molecule has 2 aliphatic rings. The molecule has 5 rings (SSSR count). The first-order valence-corrected chi connectivity index (χ1v) is 12.1. The fourth-order valence-electron chi connectivity index (χ4n) is 4.50. The van der Waals surface area contributed by atoms with Gasteiger partial charge in [-0.15, -0.1) is 5.10 Å². The van der Waals surface area contributed by atoms with Gasteiger partial charge in [-0.1, -0.05) is 0 Å². The Hall–Kier alpha value is -3.44. The number of carbonyl (C=O) groups excluding carboxylic acids is 2. The molecule has 184 valence electrons. The number of ketones is 1. The van der Waals surface area contributed by atoms with E-state index in [1.807, 2.05) is 12.1 Å². The van der Waals surface area contributed by atoms with Crippen molar-refractivity contribution >= 4 is 23.9 Å². The number of benzene rings is 1. The van der Waals surface area contributed by atoms with Crippen LogP contribution in [0.3, 0.4) is 0 Å². The van der Waals surface area contributed by atoms with E-state index in [1.165, 1.54) is 0 Å². The summed E-state index contributed by atoms with van der Waals surface area (Å²) >= 11 is 5.65. The fourth-order valence-corrected chi connectivity index (χ4v) is 4.78. The van der Waals surface area contributed by atoms with Crippen LogP contribution < -0.4 is 15.2 Å². The van der Waals surface area contributed by atoms with Gasteiger partial charge in [-0.3, -0.25) is 19.1 Å². The zero-order chi connectivity index (χ0) is 24.4. The normalized spacial score (nSPS) is 16.3. The van der Waals surface area contributed by atoms with Gasteiger partial charge in [-0.05, 0) is 55.4 Å². The molecule has 3 aromatic rings. The molecule has 1 amide bonds. The van der Waals surface area contributed by atoms with Crippen LogP contribution in [0.25, 0.3) is 11.6 Å².